The van der Waals surface area contributed by atoms with E-state index in [0.717, 1.165) is 6.26 Å². The third-order valence-electron chi connectivity index (χ3n) is 2.43. The summed E-state index contributed by atoms with van der Waals surface area (Å²) in [6.07, 6.45) is 0.0965. The van der Waals surface area contributed by atoms with Gasteiger partial charge in [-0.3, -0.25) is 4.72 Å². The number of carboxylic acid groups (broad SMARTS) is 1. The second kappa shape index (κ2) is 6.86. The maximum atomic E-state index is 11.8. The van der Waals surface area contributed by atoms with Crippen LogP contribution in [0, 0.1) is 0 Å². The molecule has 0 spiro atoms. The first-order valence-corrected chi connectivity index (χ1v) is 8.56. The van der Waals surface area contributed by atoms with Crippen molar-refractivity contribution in [2.75, 3.05) is 11.0 Å². The van der Waals surface area contributed by atoms with E-state index in [1.165, 1.54) is 24.3 Å². The summed E-state index contributed by atoms with van der Waals surface area (Å²) in [4.78, 5) is 23.1. The van der Waals surface area contributed by atoms with Gasteiger partial charge in [0.15, 0.2) is 6.04 Å². The minimum absolute atomic E-state index is 0.197. The lowest BCUT2D eigenvalue weighted by atomic mass is 10.1. The fourth-order valence-corrected chi connectivity index (χ4v) is 2.26. The van der Waals surface area contributed by atoms with Crippen molar-refractivity contribution >= 4 is 27.8 Å². The van der Waals surface area contributed by atoms with Crippen LogP contribution in [-0.2, 0) is 19.6 Å². The van der Waals surface area contributed by atoms with Crippen molar-refractivity contribution in [3.63, 3.8) is 0 Å². The predicted molar refractivity (Wildman–Crippen MR) is 84.7 cm³/mol. The third-order valence-corrected chi connectivity index (χ3v) is 3.04. The monoisotopic (exact) mass is 344 g/mol. The summed E-state index contributed by atoms with van der Waals surface area (Å²) in [5.41, 5.74) is -0.369. The van der Waals surface area contributed by atoms with Crippen LogP contribution in [0.15, 0.2) is 24.3 Å². The number of hydrogen-bond acceptors (Lipinski definition) is 5. The number of hydrogen-bond donors (Lipinski definition) is 3. The zero-order valence-corrected chi connectivity index (χ0v) is 14.1. The highest BCUT2D eigenvalue weighted by molar-refractivity contribution is 7.92. The highest BCUT2D eigenvalue weighted by Gasteiger charge is 2.25. The molecule has 0 heterocycles. The third kappa shape index (κ3) is 7.00. The number of nitrogens with one attached hydrogen (secondary N) is 2. The number of amides is 1. The number of carboxylic acids is 1. The number of benzene rings is 1. The van der Waals surface area contributed by atoms with Crippen LogP contribution >= 0.6 is 0 Å². The summed E-state index contributed by atoms with van der Waals surface area (Å²) in [6, 6.07) is 4.37. The van der Waals surface area contributed by atoms with Crippen molar-refractivity contribution in [2.24, 2.45) is 0 Å². The molecule has 9 heteroatoms. The molecule has 0 aliphatic rings. The lowest BCUT2D eigenvalue weighted by Crippen LogP contribution is -2.38. The average molecular weight is 344 g/mol. The summed E-state index contributed by atoms with van der Waals surface area (Å²) >= 11 is 0. The van der Waals surface area contributed by atoms with Gasteiger partial charge in [-0.2, -0.15) is 0 Å². The highest BCUT2D eigenvalue weighted by Crippen LogP contribution is 2.19. The van der Waals surface area contributed by atoms with E-state index in [0.29, 0.717) is 0 Å². The van der Waals surface area contributed by atoms with E-state index in [1.807, 2.05) is 0 Å². The standard InChI is InChI=1S/C14H20N2O6S/c1-14(2,3)22-13(19)15-11(12(17)18)9-6-5-7-10(8-9)16-23(4,20)21/h5-8,11,16H,1-4H3,(H,15,19)(H,17,18). The molecule has 0 radical (unpaired) electrons. The molecular formula is C14H20N2O6S. The van der Waals surface area contributed by atoms with Crippen LogP contribution in [0.1, 0.15) is 32.4 Å². The molecule has 0 bridgehead atoms. The Morgan fingerprint density at radius 2 is 1.87 bits per heavy atom. The second-order valence-electron chi connectivity index (χ2n) is 5.92. The summed E-state index contributed by atoms with van der Waals surface area (Å²) in [6.45, 7) is 4.96. The maximum Gasteiger partial charge on any atom is 0.408 e. The Morgan fingerprint density at radius 3 is 2.35 bits per heavy atom. The predicted octanol–water partition coefficient (Wildman–Crippen LogP) is 1.71. The van der Waals surface area contributed by atoms with Gasteiger partial charge in [-0.15, -0.1) is 0 Å². The number of carbonyl (C=O) groups excluding carboxylic acids is 1. The first-order valence-electron chi connectivity index (χ1n) is 6.67. The van der Waals surface area contributed by atoms with Crippen LogP contribution < -0.4 is 10.0 Å². The van der Waals surface area contributed by atoms with Crippen molar-refractivity contribution < 1.29 is 27.9 Å². The number of anilines is 1. The van der Waals surface area contributed by atoms with Gasteiger partial charge in [0.25, 0.3) is 0 Å². The van der Waals surface area contributed by atoms with Crippen LogP contribution in [-0.4, -0.2) is 37.4 Å². The number of rotatable bonds is 5. The summed E-state index contributed by atoms with van der Waals surface area (Å²) in [7, 11) is -3.50. The lowest BCUT2D eigenvalue weighted by molar-refractivity contribution is -0.139. The van der Waals surface area contributed by atoms with E-state index >= 15 is 0 Å². The Kier molecular flexibility index (Phi) is 5.60. The molecule has 0 aliphatic carbocycles. The van der Waals surface area contributed by atoms with Crippen LogP contribution in [0.5, 0.6) is 0 Å². The fraction of sp³-hybridized carbons (Fsp3) is 0.429. The maximum absolute atomic E-state index is 11.8. The fourth-order valence-electron chi connectivity index (χ4n) is 1.71. The molecule has 1 atom stereocenters. The molecule has 23 heavy (non-hydrogen) atoms. The van der Waals surface area contributed by atoms with Gasteiger partial charge in [-0.1, -0.05) is 12.1 Å². The van der Waals surface area contributed by atoms with Gasteiger partial charge in [0.05, 0.1) is 6.26 Å². The van der Waals surface area contributed by atoms with E-state index in [1.54, 1.807) is 20.8 Å². The van der Waals surface area contributed by atoms with Crippen LogP contribution in [0.25, 0.3) is 0 Å². The zero-order chi connectivity index (χ0) is 17.8. The van der Waals surface area contributed by atoms with Gasteiger partial charge in [0, 0.05) is 5.69 Å². The first-order chi connectivity index (χ1) is 10.4. The van der Waals surface area contributed by atoms with E-state index in [9.17, 15) is 23.1 Å². The molecule has 128 valence electrons. The number of alkyl carbamates (subject to hydrolysis) is 1. The van der Waals surface area contributed by atoms with E-state index in [-0.39, 0.29) is 11.3 Å². The molecular weight excluding hydrogens is 324 g/mol. The summed E-state index contributed by atoms with van der Waals surface area (Å²) in [5, 5.41) is 11.5. The molecule has 8 nitrogen and oxygen atoms in total. The molecule has 0 aromatic heterocycles. The average Bonchev–Trinajstić information content (AvgIpc) is 2.31. The Labute approximate surface area is 134 Å². The Hall–Kier alpha value is -2.29. The van der Waals surface area contributed by atoms with Crippen LogP contribution in [0.4, 0.5) is 10.5 Å². The van der Waals surface area contributed by atoms with E-state index < -0.39 is 33.7 Å². The molecule has 1 rings (SSSR count). The second-order valence-corrected chi connectivity index (χ2v) is 7.67. The topological polar surface area (TPSA) is 122 Å². The van der Waals surface area contributed by atoms with Gasteiger partial charge < -0.3 is 15.2 Å². The summed E-state index contributed by atoms with van der Waals surface area (Å²) < 4.78 is 29.7. The molecule has 0 saturated carbocycles. The number of sulfonamides is 1. The Morgan fingerprint density at radius 1 is 1.26 bits per heavy atom. The van der Waals surface area contributed by atoms with Crippen molar-refractivity contribution in [2.45, 2.75) is 32.4 Å². The van der Waals surface area contributed by atoms with E-state index in [2.05, 4.69) is 10.0 Å². The number of ether oxygens (including phenoxy) is 1. The quantitative estimate of drug-likeness (QED) is 0.747. The van der Waals surface area contributed by atoms with E-state index in [4.69, 9.17) is 4.74 Å². The minimum Gasteiger partial charge on any atom is -0.479 e. The van der Waals surface area contributed by atoms with Gasteiger partial charge >= 0.3 is 12.1 Å². The molecule has 0 saturated heterocycles. The van der Waals surface area contributed by atoms with Gasteiger partial charge in [-0.25, -0.2) is 18.0 Å². The molecule has 3 N–H and O–H groups in total. The Balaban J connectivity index is 3.00. The van der Waals surface area contributed by atoms with Crippen molar-refractivity contribution in [3.05, 3.63) is 29.8 Å². The van der Waals surface area contributed by atoms with Gasteiger partial charge in [0.1, 0.15) is 5.60 Å². The highest BCUT2D eigenvalue weighted by atomic mass is 32.2. The van der Waals surface area contributed by atoms with Gasteiger partial charge in [0.2, 0.25) is 10.0 Å². The SMILES string of the molecule is CC(C)(C)OC(=O)NC(C(=O)O)c1cccc(NS(C)(=O)=O)c1. The summed E-state index contributed by atoms with van der Waals surface area (Å²) in [5.74, 6) is -1.30. The number of carbonyl (C=O) groups is 2. The Bertz CT molecular complexity index is 693. The minimum atomic E-state index is -3.50. The first kappa shape index (κ1) is 18.8. The largest absolute Gasteiger partial charge is 0.479 e. The molecule has 1 aromatic rings. The number of aliphatic carboxylic acids is 1. The smallest absolute Gasteiger partial charge is 0.408 e. The molecule has 1 amide bonds. The van der Waals surface area contributed by atoms with Crippen molar-refractivity contribution in [3.8, 4) is 0 Å². The lowest BCUT2D eigenvalue weighted by Gasteiger charge is -2.22. The van der Waals surface area contributed by atoms with Crippen molar-refractivity contribution in [1.29, 1.82) is 0 Å². The van der Waals surface area contributed by atoms with Crippen LogP contribution in [0.3, 0.4) is 0 Å². The normalized spacial score (nSPS) is 13.0. The molecule has 1 aromatic carbocycles. The zero-order valence-electron chi connectivity index (χ0n) is 13.3. The molecule has 0 fully saturated rings. The van der Waals surface area contributed by atoms with Crippen LogP contribution in [0.2, 0.25) is 0 Å². The van der Waals surface area contributed by atoms with Gasteiger partial charge in [-0.05, 0) is 38.5 Å². The van der Waals surface area contributed by atoms with Crippen molar-refractivity contribution in [1.82, 2.24) is 5.32 Å². The molecule has 0 aliphatic heterocycles. The molecule has 1 unspecified atom stereocenters.